The van der Waals surface area contributed by atoms with Gasteiger partial charge in [0.2, 0.25) is 0 Å². The van der Waals surface area contributed by atoms with Gasteiger partial charge >= 0.3 is 12.2 Å². The Balaban J connectivity index is 1.70. The van der Waals surface area contributed by atoms with Crippen molar-refractivity contribution in [1.82, 2.24) is 9.80 Å². The summed E-state index contributed by atoms with van der Waals surface area (Å²) in [5.74, 6) is 0. The van der Waals surface area contributed by atoms with Gasteiger partial charge in [0.1, 0.15) is 0 Å². The molecule has 5 nitrogen and oxygen atoms in total. The molecule has 0 unspecified atom stereocenters. The molecule has 1 aliphatic heterocycles. The molecule has 8 heteroatoms. The van der Waals surface area contributed by atoms with Crippen molar-refractivity contribution in [3.63, 3.8) is 0 Å². The Bertz CT molecular complexity index is 934. The molecule has 0 bridgehead atoms. The number of nitrogens with one attached hydrogen (secondary N) is 1. The average molecular weight is 478 g/mol. The number of carbonyl (C=O) groups is 1. The number of anilines is 1. The predicted molar refractivity (Wildman–Crippen MR) is 128 cm³/mol. The minimum atomic E-state index is -4.46. The van der Waals surface area contributed by atoms with Crippen LogP contribution in [0.2, 0.25) is 0 Å². The van der Waals surface area contributed by atoms with Crippen LogP contribution in [-0.4, -0.2) is 55.2 Å². The topological polar surface area (TPSA) is 44.8 Å². The monoisotopic (exact) mass is 477 g/mol. The van der Waals surface area contributed by atoms with E-state index in [0.29, 0.717) is 26.3 Å². The van der Waals surface area contributed by atoms with E-state index in [1.165, 1.54) is 17.7 Å². The molecule has 1 heterocycles. The minimum absolute atomic E-state index is 0.0250. The Kier molecular flexibility index (Phi) is 8.60. The van der Waals surface area contributed by atoms with Crippen molar-refractivity contribution in [2.75, 3.05) is 44.7 Å². The molecule has 2 amide bonds. The first kappa shape index (κ1) is 26.0. The van der Waals surface area contributed by atoms with Crippen LogP contribution < -0.4 is 5.32 Å². The van der Waals surface area contributed by atoms with E-state index in [1.807, 2.05) is 12.1 Å². The molecule has 186 valence electrons. The number of urea groups is 1. The van der Waals surface area contributed by atoms with Crippen LogP contribution in [0.1, 0.15) is 43.9 Å². The van der Waals surface area contributed by atoms with Gasteiger partial charge in [-0.25, -0.2) is 4.79 Å². The van der Waals surface area contributed by atoms with Crippen LogP contribution in [0.5, 0.6) is 0 Å². The lowest BCUT2D eigenvalue weighted by atomic mass is 9.87. The second kappa shape index (κ2) is 11.2. The van der Waals surface area contributed by atoms with Gasteiger partial charge < -0.3 is 15.0 Å². The number of ether oxygens (including phenoxy) is 1. The van der Waals surface area contributed by atoms with Crippen molar-refractivity contribution in [2.45, 2.75) is 45.3 Å². The Morgan fingerprint density at radius 2 is 1.71 bits per heavy atom. The first-order valence-corrected chi connectivity index (χ1v) is 11.6. The van der Waals surface area contributed by atoms with E-state index in [0.717, 1.165) is 43.8 Å². The lowest BCUT2D eigenvalue weighted by Crippen LogP contribution is -2.40. The Morgan fingerprint density at radius 3 is 2.32 bits per heavy atom. The van der Waals surface area contributed by atoms with E-state index in [4.69, 9.17) is 4.74 Å². The van der Waals surface area contributed by atoms with E-state index in [2.05, 4.69) is 43.1 Å². The molecule has 1 saturated heterocycles. The molecule has 2 aromatic rings. The van der Waals surface area contributed by atoms with Gasteiger partial charge in [-0.05, 0) is 41.2 Å². The van der Waals surface area contributed by atoms with Crippen molar-refractivity contribution < 1.29 is 22.7 Å². The highest BCUT2D eigenvalue weighted by molar-refractivity contribution is 5.89. The van der Waals surface area contributed by atoms with Crippen molar-refractivity contribution in [1.29, 1.82) is 0 Å². The van der Waals surface area contributed by atoms with E-state index < -0.39 is 17.8 Å². The van der Waals surface area contributed by atoms with E-state index in [-0.39, 0.29) is 11.1 Å². The fourth-order valence-electron chi connectivity index (χ4n) is 3.87. The molecule has 0 saturated carbocycles. The van der Waals surface area contributed by atoms with Crippen molar-refractivity contribution in [3.8, 4) is 0 Å². The zero-order valence-electron chi connectivity index (χ0n) is 20.1. The predicted octanol–water partition coefficient (Wildman–Crippen LogP) is 5.76. The molecular weight excluding hydrogens is 443 g/mol. The maximum Gasteiger partial charge on any atom is 0.416 e. The van der Waals surface area contributed by atoms with Gasteiger partial charge in [0.05, 0.1) is 18.8 Å². The number of amides is 2. The first-order chi connectivity index (χ1) is 16.0. The van der Waals surface area contributed by atoms with Gasteiger partial charge in [0.15, 0.2) is 0 Å². The summed E-state index contributed by atoms with van der Waals surface area (Å²) in [5.41, 5.74) is 1.53. The largest absolute Gasteiger partial charge is 0.416 e. The number of carbonyl (C=O) groups excluding carboxylic acids is 1. The van der Waals surface area contributed by atoms with Crippen LogP contribution in [0.4, 0.5) is 23.7 Å². The highest BCUT2D eigenvalue weighted by Gasteiger charge is 2.30. The molecule has 0 atom stereocenters. The number of hydrogen-bond donors (Lipinski definition) is 1. The SMILES string of the molecule is CC(C)(C)c1ccc(CN(CCCN2CCOCC2)C(=O)Nc2cccc(C(F)(F)F)c2)cc1. The Hall–Kier alpha value is -2.58. The third-order valence-corrected chi connectivity index (χ3v) is 5.93. The summed E-state index contributed by atoms with van der Waals surface area (Å²) < 4.78 is 44.6. The Labute approximate surface area is 199 Å². The molecule has 0 aromatic heterocycles. The molecule has 0 radical (unpaired) electrons. The summed E-state index contributed by atoms with van der Waals surface area (Å²) in [4.78, 5) is 17.0. The van der Waals surface area contributed by atoms with Gasteiger partial charge in [0.25, 0.3) is 0 Å². The third-order valence-electron chi connectivity index (χ3n) is 5.93. The van der Waals surface area contributed by atoms with Crippen LogP contribution in [-0.2, 0) is 22.9 Å². The fourth-order valence-corrected chi connectivity index (χ4v) is 3.87. The Morgan fingerprint density at radius 1 is 1.03 bits per heavy atom. The van der Waals surface area contributed by atoms with Crippen LogP contribution in [0.3, 0.4) is 0 Å². The number of alkyl halides is 3. The van der Waals surface area contributed by atoms with Crippen molar-refractivity contribution in [3.05, 3.63) is 65.2 Å². The summed E-state index contributed by atoms with van der Waals surface area (Å²) in [5, 5.41) is 2.65. The lowest BCUT2D eigenvalue weighted by molar-refractivity contribution is -0.137. The third kappa shape index (κ3) is 7.74. The van der Waals surface area contributed by atoms with Gasteiger partial charge in [-0.3, -0.25) is 4.90 Å². The maximum atomic E-state index is 13.1. The number of morpholine rings is 1. The molecule has 0 spiro atoms. The molecule has 34 heavy (non-hydrogen) atoms. The highest BCUT2D eigenvalue weighted by atomic mass is 19.4. The van der Waals surface area contributed by atoms with Gasteiger partial charge in [-0.1, -0.05) is 51.1 Å². The van der Waals surface area contributed by atoms with Gasteiger partial charge in [-0.2, -0.15) is 13.2 Å². The molecule has 1 fully saturated rings. The molecule has 1 aliphatic rings. The van der Waals surface area contributed by atoms with E-state index in [9.17, 15) is 18.0 Å². The number of nitrogens with zero attached hydrogens (tertiary/aromatic N) is 2. The molecule has 1 N–H and O–H groups in total. The summed E-state index contributed by atoms with van der Waals surface area (Å²) in [6.45, 7) is 11.3. The molecule has 2 aromatic carbocycles. The summed E-state index contributed by atoms with van der Waals surface area (Å²) >= 11 is 0. The average Bonchev–Trinajstić information content (AvgIpc) is 2.78. The lowest BCUT2D eigenvalue weighted by Gasteiger charge is -2.28. The zero-order chi connectivity index (χ0) is 24.8. The van der Waals surface area contributed by atoms with Crippen LogP contribution in [0.25, 0.3) is 0 Å². The quantitative estimate of drug-likeness (QED) is 0.552. The van der Waals surface area contributed by atoms with Gasteiger partial charge in [-0.15, -0.1) is 0 Å². The number of rotatable bonds is 7. The first-order valence-electron chi connectivity index (χ1n) is 11.6. The molecule has 0 aliphatic carbocycles. The van der Waals surface area contributed by atoms with E-state index >= 15 is 0 Å². The highest BCUT2D eigenvalue weighted by Crippen LogP contribution is 2.30. The molecular formula is C26H34F3N3O2. The minimum Gasteiger partial charge on any atom is -0.379 e. The number of benzene rings is 2. The van der Waals surface area contributed by atoms with Crippen molar-refractivity contribution in [2.24, 2.45) is 0 Å². The zero-order valence-corrected chi connectivity index (χ0v) is 20.1. The van der Waals surface area contributed by atoms with Crippen LogP contribution >= 0.6 is 0 Å². The maximum absolute atomic E-state index is 13.1. The van der Waals surface area contributed by atoms with Crippen molar-refractivity contribution >= 4 is 11.7 Å². The summed E-state index contributed by atoms with van der Waals surface area (Å²) in [7, 11) is 0. The summed E-state index contributed by atoms with van der Waals surface area (Å²) in [6.07, 6.45) is -3.70. The second-order valence-corrected chi connectivity index (χ2v) is 9.68. The van der Waals surface area contributed by atoms with Crippen LogP contribution in [0.15, 0.2) is 48.5 Å². The molecule has 3 rings (SSSR count). The standard InChI is InChI=1S/C26H34F3N3O2/c1-25(2,3)21-10-8-20(9-11-21)19-32(13-5-12-31-14-16-34-17-15-31)24(33)30-23-7-4-6-22(18-23)26(27,28)29/h4,6-11,18H,5,12-17,19H2,1-3H3,(H,30,33). The fraction of sp³-hybridized carbons (Fsp3) is 0.500. The summed E-state index contributed by atoms with van der Waals surface area (Å²) in [6, 6.07) is 12.4. The second-order valence-electron chi connectivity index (χ2n) is 9.68. The normalized spacial score (nSPS) is 15.2. The van der Waals surface area contributed by atoms with Gasteiger partial charge in [0, 0.05) is 38.4 Å². The van der Waals surface area contributed by atoms with Crippen LogP contribution in [0, 0.1) is 0 Å². The number of hydrogen-bond acceptors (Lipinski definition) is 3. The smallest absolute Gasteiger partial charge is 0.379 e. The van der Waals surface area contributed by atoms with E-state index in [1.54, 1.807) is 4.90 Å². The number of halogens is 3.